The molecule has 3 rings (SSSR count). The van der Waals surface area contributed by atoms with Gasteiger partial charge in [0.05, 0.1) is 0 Å². The van der Waals surface area contributed by atoms with Crippen molar-refractivity contribution in [1.29, 1.82) is 0 Å². The van der Waals surface area contributed by atoms with Gasteiger partial charge in [-0.3, -0.25) is 0 Å². The number of rotatable bonds is 1. The second-order valence-electron chi connectivity index (χ2n) is 4.77. The van der Waals surface area contributed by atoms with Crippen LogP contribution in [0.4, 0.5) is 11.4 Å². The van der Waals surface area contributed by atoms with Crippen molar-refractivity contribution in [2.75, 3.05) is 11.4 Å². The molecule has 1 aliphatic heterocycles. The average molecular weight is 245 g/mol. The molecule has 0 bridgehead atoms. The molecule has 0 radical (unpaired) electrons. The van der Waals surface area contributed by atoms with Crippen LogP contribution in [0.3, 0.4) is 0 Å². The molecule has 0 N–H and O–H groups in total. The zero-order chi connectivity index (χ0) is 13.2. The highest BCUT2D eigenvalue weighted by atomic mass is 15.1. The first-order chi connectivity index (χ1) is 9.28. The lowest BCUT2D eigenvalue weighted by Gasteiger charge is -2.28. The van der Waals surface area contributed by atoms with Crippen LogP contribution in [0, 0.1) is 19.3 Å². The zero-order valence-corrected chi connectivity index (χ0v) is 10.9. The number of aryl methyl sites for hydroxylation is 1. The number of terminal acetylenes is 1. The van der Waals surface area contributed by atoms with E-state index < -0.39 is 0 Å². The van der Waals surface area contributed by atoms with Crippen molar-refractivity contribution in [3.05, 3.63) is 65.2 Å². The van der Waals surface area contributed by atoms with Crippen molar-refractivity contribution in [3.8, 4) is 12.3 Å². The van der Waals surface area contributed by atoms with E-state index >= 15 is 0 Å². The first-order valence-electron chi connectivity index (χ1n) is 6.39. The quantitative estimate of drug-likeness (QED) is 0.682. The fraction of sp³-hybridized carbons (Fsp3) is 0.111. The Morgan fingerprint density at radius 2 is 1.89 bits per heavy atom. The van der Waals surface area contributed by atoms with Gasteiger partial charge in [0.25, 0.3) is 0 Å². The van der Waals surface area contributed by atoms with Crippen LogP contribution in [0.15, 0.2) is 48.5 Å². The Morgan fingerprint density at radius 1 is 1.11 bits per heavy atom. The monoisotopic (exact) mass is 245 g/mol. The van der Waals surface area contributed by atoms with Crippen molar-refractivity contribution in [1.82, 2.24) is 0 Å². The summed E-state index contributed by atoms with van der Waals surface area (Å²) >= 11 is 0. The molecule has 2 aromatic rings. The summed E-state index contributed by atoms with van der Waals surface area (Å²) in [7, 11) is 0. The van der Waals surface area contributed by atoms with Crippen LogP contribution in [0.25, 0.3) is 6.08 Å². The van der Waals surface area contributed by atoms with Gasteiger partial charge in [0, 0.05) is 23.5 Å². The Bertz CT molecular complexity index is 672. The van der Waals surface area contributed by atoms with Gasteiger partial charge in [-0.25, -0.2) is 0 Å². The second kappa shape index (κ2) is 4.66. The van der Waals surface area contributed by atoms with Crippen LogP contribution in [0.2, 0.25) is 0 Å². The summed E-state index contributed by atoms with van der Waals surface area (Å²) in [6.45, 7) is 2.98. The molecule has 19 heavy (non-hydrogen) atoms. The molecule has 0 aliphatic carbocycles. The number of hydrogen-bond donors (Lipinski definition) is 0. The van der Waals surface area contributed by atoms with E-state index in [1.165, 1.54) is 22.5 Å². The van der Waals surface area contributed by atoms with Gasteiger partial charge in [0.1, 0.15) is 0 Å². The average Bonchev–Trinajstić information content (AvgIpc) is 2.47. The Morgan fingerprint density at radius 3 is 2.63 bits per heavy atom. The van der Waals surface area contributed by atoms with E-state index in [-0.39, 0.29) is 0 Å². The maximum absolute atomic E-state index is 5.50. The molecule has 1 heteroatoms. The summed E-state index contributed by atoms with van der Waals surface area (Å²) in [4.78, 5) is 2.29. The highest BCUT2D eigenvalue weighted by Crippen LogP contribution is 2.33. The molecule has 0 unspecified atom stereocenters. The molecule has 0 saturated carbocycles. The lowest BCUT2D eigenvalue weighted by molar-refractivity contribution is 1.08. The Kier molecular flexibility index (Phi) is 2.85. The van der Waals surface area contributed by atoms with Gasteiger partial charge < -0.3 is 4.90 Å². The van der Waals surface area contributed by atoms with Gasteiger partial charge in [-0.1, -0.05) is 41.8 Å². The molecule has 2 aromatic carbocycles. The molecule has 1 aliphatic rings. The predicted octanol–water partition coefficient (Wildman–Crippen LogP) is 4.14. The van der Waals surface area contributed by atoms with Gasteiger partial charge in [-0.15, -0.1) is 6.42 Å². The molecule has 0 saturated heterocycles. The van der Waals surface area contributed by atoms with Crippen LogP contribution in [-0.2, 0) is 0 Å². The van der Waals surface area contributed by atoms with Crippen molar-refractivity contribution in [2.45, 2.75) is 6.92 Å². The molecule has 1 nitrogen and oxygen atoms in total. The molecule has 92 valence electrons. The fourth-order valence-electron chi connectivity index (χ4n) is 2.36. The number of nitrogens with zero attached hydrogens (tertiary/aromatic N) is 1. The second-order valence-corrected chi connectivity index (χ2v) is 4.77. The van der Waals surface area contributed by atoms with Gasteiger partial charge in [0.2, 0.25) is 0 Å². The van der Waals surface area contributed by atoms with Gasteiger partial charge in [-0.05, 0) is 36.8 Å². The number of hydrogen-bond acceptors (Lipinski definition) is 1. The van der Waals surface area contributed by atoms with Crippen LogP contribution >= 0.6 is 0 Å². The zero-order valence-electron chi connectivity index (χ0n) is 10.9. The predicted molar refractivity (Wildman–Crippen MR) is 81.6 cm³/mol. The first kappa shape index (κ1) is 11.6. The van der Waals surface area contributed by atoms with Crippen LogP contribution in [-0.4, -0.2) is 6.54 Å². The molecule has 0 spiro atoms. The van der Waals surface area contributed by atoms with E-state index in [1.807, 2.05) is 6.07 Å². The fourth-order valence-corrected chi connectivity index (χ4v) is 2.36. The Labute approximate surface area is 114 Å². The first-order valence-corrected chi connectivity index (χ1v) is 6.39. The largest absolute Gasteiger partial charge is 0.337 e. The third-order valence-electron chi connectivity index (χ3n) is 3.42. The van der Waals surface area contributed by atoms with Crippen molar-refractivity contribution in [3.63, 3.8) is 0 Å². The van der Waals surface area contributed by atoms with Crippen LogP contribution < -0.4 is 4.90 Å². The van der Waals surface area contributed by atoms with E-state index in [2.05, 4.69) is 66.3 Å². The maximum Gasteiger partial charge on any atom is 0.0499 e. The van der Waals surface area contributed by atoms with E-state index in [1.54, 1.807) is 0 Å². The van der Waals surface area contributed by atoms with Gasteiger partial charge >= 0.3 is 0 Å². The van der Waals surface area contributed by atoms with E-state index in [9.17, 15) is 0 Å². The summed E-state index contributed by atoms with van der Waals surface area (Å²) in [6.07, 6.45) is 9.83. The molecule has 0 fully saturated rings. The number of anilines is 2. The summed E-state index contributed by atoms with van der Waals surface area (Å²) in [6, 6.07) is 14.7. The van der Waals surface area contributed by atoms with Crippen LogP contribution in [0.1, 0.15) is 16.7 Å². The normalized spacial score (nSPS) is 12.9. The topological polar surface area (TPSA) is 3.24 Å². The molecular formula is C18H15N. The molecule has 0 amide bonds. The highest BCUT2D eigenvalue weighted by molar-refractivity contribution is 5.78. The van der Waals surface area contributed by atoms with Crippen molar-refractivity contribution >= 4 is 17.5 Å². The Balaban J connectivity index is 2.09. The lowest BCUT2D eigenvalue weighted by Crippen LogP contribution is -2.20. The van der Waals surface area contributed by atoms with Gasteiger partial charge in [-0.2, -0.15) is 0 Å². The SMILES string of the molecule is C#Cc1ccc2c(c1)N(c1ccc(C)cc1)CC=C2. The van der Waals surface area contributed by atoms with Gasteiger partial charge in [0.15, 0.2) is 0 Å². The van der Waals surface area contributed by atoms with E-state index in [0.717, 1.165) is 12.1 Å². The number of benzene rings is 2. The smallest absolute Gasteiger partial charge is 0.0499 e. The third-order valence-corrected chi connectivity index (χ3v) is 3.42. The maximum atomic E-state index is 5.50. The molecule has 1 heterocycles. The van der Waals surface area contributed by atoms with E-state index in [0.29, 0.717) is 0 Å². The minimum Gasteiger partial charge on any atom is -0.337 e. The standard InChI is InChI=1S/C18H15N/c1-3-15-8-9-16-5-4-12-19(18(16)13-15)17-10-6-14(2)7-11-17/h1,4-11,13H,12H2,2H3. The van der Waals surface area contributed by atoms with Crippen molar-refractivity contribution < 1.29 is 0 Å². The van der Waals surface area contributed by atoms with E-state index in [4.69, 9.17) is 6.42 Å². The number of fused-ring (bicyclic) bond motifs is 1. The Hall–Kier alpha value is -2.46. The summed E-state index contributed by atoms with van der Waals surface area (Å²) < 4.78 is 0. The molecule has 0 atom stereocenters. The molecular weight excluding hydrogens is 230 g/mol. The minimum atomic E-state index is 0.879. The summed E-state index contributed by atoms with van der Waals surface area (Å²) in [5.41, 5.74) is 5.79. The minimum absolute atomic E-state index is 0.879. The summed E-state index contributed by atoms with van der Waals surface area (Å²) in [5.74, 6) is 2.71. The molecule has 0 aromatic heterocycles. The lowest BCUT2D eigenvalue weighted by atomic mass is 10.0. The highest BCUT2D eigenvalue weighted by Gasteiger charge is 2.14. The van der Waals surface area contributed by atoms with Crippen molar-refractivity contribution in [2.24, 2.45) is 0 Å². The third kappa shape index (κ3) is 2.13. The summed E-state index contributed by atoms with van der Waals surface area (Å²) in [5, 5.41) is 0. The van der Waals surface area contributed by atoms with Crippen LogP contribution in [0.5, 0.6) is 0 Å².